The lowest BCUT2D eigenvalue weighted by molar-refractivity contribution is -0.137. The molecule has 2 rings (SSSR count). The quantitative estimate of drug-likeness (QED) is 0.680. The number of aromatic nitrogens is 1. The fourth-order valence-electron chi connectivity index (χ4n) is 2.29. The van der Waals surface area contributed by atoms with Gasteiger partial charge in [-0.1, -0.05) is 11.6 Å². The van der Waals surface area contributed by atoms with Crippen molar-refractivity contribution in [1.29, 1.82) is 0 Å². The number of carbonyl (C=O) groups is 1. The summed E-state index contributed by atoms with van der Waals surface area (Å²) in [6.07, 6.45) is -1.62. The number of nitrogens with zero attached hydrogens (tertiary/aromatic N) is 1. The highest BCUT2D eigenvalue weighted by Gasteiger charge is 2.31. The standard InChI is InChI=1S/C14H18ClF3N4O.2ClH/c15-11-6-9(14(16,17)18)7-21-13(11)20-5-3-12(23)22-10-2-1-4-19-8-10;;/h6-7,10,19H,1-5,8H2,(H,20,21)(H,22,23);2*1H. The monoisotopic (exact) mass is 422 g/mol. The first-order valence-corrected chi connectivity index (χ1v) is 7.71. The average Bonchev–Trinajstić information content (AvgIpc) is 2.49. The normalized spacial score (nSPS) is 17.0. The van der Waals surface area contributed by atoms with Crippen LogP contribution in [0.1, 0.15) is 24.8 Å². The van der Waals surface area contributed by atoms with Crippen molar-refractivity contribution in [1.82, 2.24) is 15.6 Å². The first kappa shape index (κ1) is 24.0. The molecule has 11 heteroatoms. The van der Waals surface area contributed by atoms with Gasteiger partial charge in [-0.25, -0.2) is 4.98 Å². The van der Waals surface area contributed by atoms with Crippen molar-refractivity contribution < 1.29 is 18.0 Å². The summed E-state index contributed by atoms with van der Waals surface area (Å²) < 4.78 is 37.5. The van der Waals surface area contributed by atoms with E-state index in [1.807, 2.05) is 0 Å². The van der Waals surface area contributed by atoms with Gasteiger partial charge in [-0.3, -0.25) is 4.79 Å². The number of rotatable bonds is 5. The number of anilines is 1. The molecule has 5 nitrogen and oxygen atoms in total. The van der Waals surface area contributed by atoms with E-state index in [4.69, 9.17) is 11.6 Å². The predicted molar refractivity (Wildman–Crippen MR) is 95.9 cm³/mol. The Morgan fingerprint density at radius 3 is 2.68 bits per heavy atom. The summed E-state index contributed by atoms with van der Waals surface area (Å²) in [5.41, 5.74) is -0.907. The topological polar surface area (TPSA) is 66.0 Å². The van der Waals surface area contributed by atoms with Crippen molar-refractivity contribution in [2.75, 3.05) is 25.0 Å². The van der Waals surface area contributed by atoms with Crippen LogP contribution in [-0.2, 0) is 11.0 Å². The predicted octanol–water partition coefficient (Wildman–Crippen LogP) is 3.27. The Balaban J connectivity index is 0.00000288. The van der Waals surface area contributed by atoms with E-state index in [1.165, 1.54) is 0 Å². The van der Waals surface area contributed by atoms with Gasteiger partial charge in [0.1, 0.15) is 5.82 Å². The number of alkyl halides is 3. The van der Waals surface area contributed by atoms with Gasteiger partial charge < -0.3 is 16.0 Å². The lowest BCUT2D eigenvalue weighted by Gasteiger charge is -2.23. The summed E-state index contributed by atoms with van der Waals surface area (Å²) in [5, 5.41) is 8.75. The van der Waals surface area contributed by atoms with Crippen molar-refractivity contribution in [3.63, 3.8) is 0 Å². The Kier molecular flexibility index (Phi) is 10.5. The second-order valence-electron chi connectivity index (χ2n) is 5.34. The van der Waals surface area contributed by atoms with Gasteiger partial charge in [-0.15, -0.1) is 24.8 Å². The van der Waals surface area contributed by atoms with E-state index in [0.717, 1.165) is 32.0 Å². The van der Waals surface area contributed by atoms with Crippen LogP contribution in [0.2, 0.25) is 5.02 Å². The zero-order chi connectivity index (χ0) is 16.9. The van der Waals surface area contributed by atoms with Crippen molar-refractivity contribution >= 4 is 48.1 Å². The fraction of sp³-hybridized carbons (Fsp3) is 0.571. The number of piperidine rings is 1. The van der Waals surface area contributed by atoms with Crippen LogP contribution < -0.4 is 16.0 Å². The molecule has 1 atom stereocenters. The number of halogens is 6. The molecule has 1 aromatic heterocycles. The molecule has 1 fully saturated rings. The molecule has 25 heavy (non-hydrogen) atoms. The van der Waals surface area contributed by atoms with Crippen LogP contribution in [0.4, 0.5) is 19.0 Å². The molecule has 2 heterocycles. The van der Waals surface area contributed by atoms with Crippen LogP contribution in [-0.4, -0.2) is 36.6 Å². The second-order valence-corrected chi connectivity index (χ2v) is 5.75. The van der Waals surface area contributed by atoms with Gasteiger partial charge in [0, 0.05) is 31.7 Å². The van der Waals surface area contributed by atoms with E-state index in [-0.39, 0.29) is 60.6 Å². The van der Waals surface area contributed by atoms with Crippen LogP contribution in [0, 0.1) is 0 Å². The minimum atomic E-state index is -4.48. The summed E-state index contributed by atoms with van der Waals surface area (Å²) in [6.45, 7) is 1.96. The number of hydrogen-bond donors (Lipinski definition) is 3. The third-order valence-electron chi connectivity index (χ3n) is 3.48. The van der Waals surface area contributed by atoms with Crippen LogP contribution in [0.25, 0.3) is 0 Å². The molecule has 3 N–H and O–H groups in total. The number of hydrogen-bond acceptors (Lipinski definition) is 4. The molecule has 144 valence electrons. The number of amides is 1. The summed E-state index contributed by atoms with van der Waals surface area (Å²) in [7, 11) is 0. The zero-order valence-corrected chi connectivity index (χ0v) is 15.5. The highest BCUT2D eigenvalue weighted by molar-refractivity contribution is 6.32. The van der Waals surface area contributed by atoms with E-state index in [2.05, 4.69) is 20.9 Å². The van der Waals surface area contributed by atoms with Gasteiger partial charge in [0.25, 0.3) is 0 Å². The lowest BCUT2D eigenvalue weighted by Crippen LogP contribution is -2.45. The molecule has 1 unspecified atom stereocenters. The van der Waals surface area contributed by atoms with Crippen LogP contribution in [0.3, 0.4) is 0 Å². The summed E-state index contributed by atoms with van der Waals surface area (Å²) in [4.78, 5) is 15.4. The lowest BCUT2D eigenvalue weighted by atomic mass is 10.1. The van der Waals surface area contributed by atoms with Crippen LogP contribution in [0.15, 0.2) is 12.3 Å². The Hall–Kier alpha value is -0.960. The first-order chi connectivity index (χ1) is 10.9. The number of carbonyl (C=O) groups excluding carboxylic acids is 1. The molecular formula is C14H20Cl3F3N4O. The maximum absolute atomic E-state index is 12.5. The van der Waals surface area contributed by atoms with Crippen molar-refractivity contribution in [2.24, 2.45) is 0 Å². The number of nitrogens with one attached hydrogen (secondary N) is 3. The van der Waals surface area contributed by atoms with Gasteiger partial charge in [0.05, 0.1) is 10.6 Å². The molecule has 0 aliphatic carbocycles. The van der Waals surface area contributed by atoms with Crippen molar-refractivity contribution in [3.05, 3.63) is 22.8 Å². The molecule has 0 aromatic carbocycles. The van der Waals surface area contributed by atoms with Crippen LogP contribution >= 0.6 is 36.4 Å². The molecule has 1 saturated heterocycles. The van der Waals surface area contributed by atoms with Crippen molar-refractivity contribution in [2.45, 2.75) is 31.5 Å². The Morgan fingerprint density at radius 2 is 2.12 bits per heavy atom. The summed E-state index contributed by atoms with van der Waals surface area (Å²) in [5.74, 6) is 0.0148. The minimum Gasteiger partial charge on any atom is -0.368 e. The van der Waals surface area contributed by atoms with Gasteiger partial charge in [0.2, 0.25) is 5.91 Å². The van der Waals surface area contributed by atoms with Gasteiger partial charge in [0.15, 0.2) is 0 Å². The molecule has 1 aromatic rings. The summed E-state index contributed by atoms with van der Waals surface area (Å²) >= 11 is 5.77. The SMILES string of the molecule is Cl.Cl.O=C(CCNc1ncc(C(F)(F)F)cc1Cl)NC1CCCNC1. The van der Waals surface area contributed by atoms with E-state index >= 15 is 0 Å². The fourth-order valence-corrected chi connectivity index (χ4v) is 2.53. The molecule has 1 aliphatic heterocycles. The molecular weight excluding hydrogens is 404 g/mol. The largest absolute Gasteiger partial charge is 0.417 e. The molecule has 1 amide bonds. The Labute approximate surface area is 161 Å². The van der Waals surface area contributed by atoms with Crippen molar-refractivity contribution in [3.8, 4) is 0 Å². The maximum Gasteiger partial charge on any atom is 0.417 e. The minimum absolute atomic E-state index is 0. The summed E-state index contributed by atoms with van der Waals surface area (Å²) in [6, 6.07) is 0.939. The van der Waals surface area contributed by atoms with E-state index in [1.54, 1.807) is 0 Å². The van der Waals surface area contributed by atoms with E-state index in [9.17, 15) is 18.0 Å². The highest BCUT2D eigenvalue weighted by atomic mass is 35.5. The smallest absolute Gasteiger partial charge is 0.368 e. The highest BCUT2D eigenvalue weighted by Crippen LogP contribution is 2.32. The average molecular weight is 424 g/mol. The van der Waals surface area contributed by atoms with Gasteiger partial charge in [-0.05, 0) is 25.5 Å². The Morgan fingerprint density at radius 1 is 1.40 bits per heavy atom. The molecule has 1 aliphatic rings. The van der Waals surface area contributed by atoms with E-state index < -0.39 is 11.7 Å². The maximum atomic E-state index is 12.5. The molecule has 0 spiro atoms. The third kappa shape index (κ3) is 7.85. The van der Waals surface area contributed by atoms with Crippen LogP contribution in [0.5, 0.6) is 0 Å². The molecule has 0 saturated carbocycles. The van der Waals surface area contributed by atoms with Gasteiger partial charge >= 0.3 is 6.18 Å². The second kappa shape index (κ2) is 10.9. The first-order valence-electron chi connectivity index (χ1n) is 7.33. The van der Waals surface area contributed by atoms with Gasteiger partial charge in [-0.2, -0.15) is 13.2 Å². The van der Waals surface area contributed by atoms with E-state index in [0.29, 0.717) is 6.20 Å². The Bertz CT molecular complexity index is 555. The number of pyridine rings is 1. The molecule has 0 radical (unpaired) electrons. The third-order valence-corrected chi connectivity index (χ3v) is 3.76. The molecule has 0 bridgehead atoms. The zero-order valence-electron chi connectivity index (χ0n) is 13.2.